The molecule has 4 nitrogen and oxygen atoms in total. The molecule has 2 heterocycles. The number of hydrogen-bond donors (Lipinski definition) is 0. The van der Waals surface area contributed by atoms with Crippen LogP contribution in [0.2, 0.25) is 0 Å². The van der Waals surface area contributed by atoms with Gasteiger partial charge in [-0.2, -0.15) is 5.10 Å². The number of nitrogens with zero attached hydrogens (tertiary/aromatic N) is 3. The second-order valence-electron chi connectivity index (χ2n) is 5.32. The lowest BCUT2D eigenvalue weighted by Crippen LogP contribution is -2.48. The summed E-state index contributed by atoms with van der Waals surface area (Å²) >= 11 is 6.06. The van der Waals surface area contributed by atoms with Gasteiger partial charge >= 0.3 is 0 Å². The molecule has 102 valence electrons. The molecule has 0 radical (unpaired) electrons. The van der Waals surface area contributed by atoms with Crippen LogP contribution in [0.1, 0.15) is 31.0 Å². The van der Waals surface area contributed by atoms with Gasteiger partial charge in [-0.05, 0) is 26.7 Å². The molecule has 1 atom stereocenters. The summed E-state index contributed by atoms with van der Waals surface area (Å²) in [6.45, 7) is 6.12. The molecule has 1 aromatic heterocycles. The minimum Gasteiger partial charge on any atom is -0.377 e. The van der Waals surface area contributed by atoms with E-state index in [9.17, 15) is 0 Å². The number of hydrogen-bond acceptors (Lipinski definition) is 3. The number of ether oxygens (including phenoxy) is 1. The van der Waals surface area contributed by atoms with Gasteiger partial charge in [0.2, 0.25) is 0 Å². The van der Waals surface area contributed by atoms with E-state index < -0.39 is 0 Å². The van der Waals surface area contributed by atoms with Crippen molar-refractivity contribution >= 4 is 17.4 Å². The summed E-state index contributed by atoms with van der Waals surface area (Å²) in [6, 6.07) is 0. The molecule has 0 aliphatic carbocycles. The molecular formula is C13H22ClN3O. The summed E-state index contributed by atoms with van der Waals surface area (Å²) < 4.78 is 7.59. The molecule has 1 aliphatic rings. The van der Waals surface area contributed by atoms with E-state index in [0.29, 0.717) is 5.88 Å². The van der Waals surface area contributed by atoms with Crippen molar-refractivity contribution in [3.8, 4) is 0 Å². The van der Waals surface area contributed by atoms with Crippen molar-refractivity contribution < 1.29 is 4.74 Å². The van der Waals surface area contributed by atoms with Crippen LogP contribution in [0.3, 0.4) is 0 Å². The molecule has 2 rings (SSSR count). The Balaban J connectivity index is 2.31. The molecule has 1 aliphatic heterocycles. The standard InChI is InChI=1S/C13H22ClN3O/c1-10-11(8-14)12(16(3)15-10)17-7-5-6-13(2,9-17)18-4/h5-9H2,1-4H3. The Hall–Kier alpha value is -0.740. The molecule has 0 spiro atoms. The summed E-state index contributed by atoms with van der Waals surface area (Å²) in [4.78, 5) is 2.35. The van der Waals surface area contributed by atoms with E-state index >= 15 is 0 Å². The smallest absolute Gasteiger partial charge is 0.131 e. The zero-order valence-corrected chi connectivity index (χ0v) is 12.4. The van der Waals surface area contributed by atoms with E-state index in [2.05, 4.69) is 16.9 Å². The van der Waals surface area contributed by atoms with Crippen molar-refractivity contribution in [2.75, 3.05) is 25.1 Å². The van der Waals surface area contributed by atoms with Crippen LogP contribution in [0.5, 0.6) is 0 Å². The third-order valence-electron chi connectivity index (χ3n) is 3.90. The lowest BCUT2D eigenvalue weighted by molar-refractivity contribution is -0.00496. The third-order valence-corrected chi connectivity index (χ3v) is 4.17. The molecule has 0 amide bonds. The monoisotopic (exact) mass is 271 g/mol. The Labute approximate surface area is 114 Å². The number of aryl methyl sites for hydroxylation is 2. The molecular weight excluding hydrogens is 250 g/mol. The van der Waals surface area contributed by atoms with Crippen molar-refractivity contribution in [1.82, 2.24) is 9.78 Å². The second kappa shape index (κ2) is 5.10. The SMILES string of the molecule is COC1(C)CCCN(c2c(CCl)c(C)nn2C)C1. The highest BCUT2D eigenvalue weighted by Gasteiger charge is 2.33. The quantitative estimate of drug-likeness (QED) is 0.792. The number of rotatable bonds is 3. The first-order valence-corrected chi connectivity index (χ1v) is 6.93. The molecule has 0 N–H and O–H groups in total. The minimum atomic E-state index is -0.0694. The first kappa shape index (κ1) is 13.7. The number of piperidine rings is 1. The van der Waals surface area contributed by atoms with Gasteiger partial charge in [0.05, 0.1) is 17.2 Å². The Kier molecular flexibility index (Phi) is 3.87. The van der Waals surface area contributed by atoms with Gasteiger partial charge in [0.15, 0.2) is 0 Å². The van der Waals surface area contributed by atoms with Crippen molar-refractivity contribution in [2.24, 2.45) is 7.05 Å². The molecule has 5 heteroatoms. The summed E-state index contributed by atoms with van der Waals surface area (Å²) in [5.41, 5.74) is 2.09. The van der Waals surface area contributed by atoms with Gasteiger partial charge in [-0.25, -0.2) is 0 Å². The Morgan fingerprint density at radius 3 is 2.83 bits per heavy atom. The third kappa shape index (κ3) is 2.36. The summed E-state index contributed by atoms with van der Waals surface area (Å²) in [5, 5.41) is 4.48. The maximum atomic E-state index is 6.06. The van der Waals surface area contributed by atoms with E-state index in [0.717, 1.165) is 43.0 Å². The zero-order chi connectivity index (χ0) is 13.3. The second-order valence-corrected chi connectivity index (χ2v) is 5.59. The number of halogens is 1. The number of methoxy groups -OCH3 is 1. The van der Waals surface area contributed by atoms with Gasteiger partial charge in [-0.15, -0.1) is 11.6 Å². The Morgan fingerprint density at radius 2 is 2.22 bits per heavy atom. The highest BCUT2D eigenvalue weighted by molar-refractivity contribution is 6.17. The molecule has 0 bridgehead atoms. The van der Waals surface area contributed by atoms with Gasteiger partial charge in [0, 0.05) is 32.8 Å². The van der Waals surface area contributed by atoms with Gasteiger partial charge in [0.25, 0.3) is 0 Å². The van der Waals surface area contributed by atoms with E-state index in [4.69, 9.17) is 16.3 Å². The first-order chi connectivity index (χ1) is 8.50. The molecule has 1 fully saturated rings. The van der Waals surface area contributed by atoms with Gasteiger partial charge in [0.1, 0.15) is 5.82 Å². The lowest BCUT2D eigenvalue weighted by atomic mass is 9.94. The molecule has 0 aromatic carbocycles. The molecule has 18 heavy (non-hydrogen) atoms. The fourth-order valence-electron chi connectivity index (χ4n) is 2.79. The Morgan fingerprint density at radius 1 is 1.50 bits per heavy atom. The predicted octanol–water partition coefficient (Wildman–Crippen LogP) is 2.47. The van der Waals surface area contributed by atoms with Crippen LogP contribution < -0.4 is 4.90 Å². The molecule has 1 saturated heterocycles. The van der Waals surface area contributed by atoms with Crippen molar-refractivity contribution in [1.29, 1.82) is 0 Å². The average Bonchev–Trinajstić information content (AvgIpc) is 2.63. The highest BCUT2D eigenvalue weighted by Crippen LogP contribution is 2.31. The average molecular weight is 272 g/mol. The fourth-order valence-corrected chi connectivity index (χ4v) is 3.11. The number of aromatic nitrogens is 2. The van der Waals surface area contributed by atoms with Crippen molar-refractivity contribution in [3.63, 3.8) is 0 Å². The number of alkyl halides is 1. The van der Waals surface area contributed by atoms with Gasteiger partial charge in [-0.1, -0.05) is 0 Å². The molecule has 1 aromatic rings. The summed E-state index contributed by atoms with van der Waals surface area (Å²) in [5.74, 6) is 1.65. The fraction of sp³-hybridized carbons (Fsp3) is 0.769. The normalized spacial score (nSPS) is 24.6. The van der Waals surface area contributed by atoms with Crippen molar-refractivity contribution in [3.05, 3.63) is 11.3 Å². The maximum absolute atomic E-state index is 6.06. The van der Waals surface area contributed by atoms with E-state index in [1.54, 1.807) is 7.11 Å². The van der Waals surface area contributed by atoms with Crippen LogP contribution in [-0.2, 0) is 17.7 Å². The van der Waals surface area contributed by atoms with E-state index in [1.165, 1.54) is 0 Å². The predicted molar refractivity (Wildman–Crippen MR) is 74.4 cm³/mol. The van der Waals surface area contributed by atoms with Crippen LogP contribution >= 0.6 is 11.6 Å². The summed E-state index contributed by atoms with van der Waals surface area (Å²) in [6.07, 6.45) is 2.24. The largest absolute Gasteiger partial charge is 0.377 e. The zero-order valence-electron chi connectivity index (χ0n) is 11.7. The van der Waals surface area contributed by atoms with Crippen LogP contribution in [0, 0.1) is 6.92 Å². The van der Waals surface area contributed by atoms with Gasteiger partial charge < -0.3 is 9.64 Å². The highest BCUT2D eigenvalue weighted by atomic mass is 35.5. The number of anilines is 1. The lowest BCUT2D eigenvalue weighted by Gasteiger charge is -2.40. The minimum absolute atomic E-state index is 0.0694. The van der Waals surface area contributed by atoms with Crippen LogP contribution in [0.25, 0.3) is 0 Å². The topological polar surface area (TPSA) is 30.3 Å². The Bertz CT molecular complexity index is 432. The van der Waals surface area contributed by atoms with E-state index in [1.807, 2.05) is 18.7 Å². The molecule has 0 saturated carbocycles. The van der Waals surface area contributed by atoms with Crippen LogP contribution in [0.4, 0.5) is 5.82 Å². The molecule has 1 unspecified atom stereocenters. The van der Waals surface area contributed by atoms with Crippen LogP contribution in [-0.4, -0.2) is 35.6 Å². The van der Waals surface area contributed by atoms with Crippen molar-refractivity contribution in [2.45, 2.75) is 38.2 Å². The van der Waals surface area contributed by atoms with Gasteiger partial charge in [-0.3, -0.25) is 4.68 Å². The maximum Gasteiger partial charge on any atom is 0.131 e. The first-order valence-electron chi connectivity index (χ1n) is 6.39. The summed E-state index contributed by atoms with van der Waals surface area (Å²) in [7, 11) is 3.78. The van der Waals surface area contributed by atoms with E-state index in [-0.39, 0.29) is 5.60 Å². The van der Waals surface area contributed by atoms with Crippen LogP contribution in [0.15, 0.2) is 0 Å².